The van der Waals surface area contributed by atoms with E-state index in [1.165, 1.54) is 37.3 Å². The number of hydrogen-bond acceptors (Lipinski definition) is 5. The van der Waals surface area contributed by atoms with E-state index in [-0.39, 0.29) is 17.0 Å². The van der Waals surface area contributed by atoms with Crippen LogP contribution >= 0.6 is 0 Å². The van der Waals surface area contributed by atoms with E-state index in [0.29, 0.717) is 0 Å². The highest BCUT2D eigenvalue weighted by Crippen LogP contribution is 2.22. The van der Waals surface area contributed by atoms with E-state index in [1.807, 2.05) is 0 Å². The van der Waals surface area contributed by atoms with Gasteiger partial charge in [-0.25, -0.2) is 0 Å². The van der Waals surface area contributed by atoms with Crippen LogP contribution in [0, 0.1) is 15.9 Å². The third kappa shape index (κ3) is 4.10. The van der Waals surface area contributed by atoms with E-state index in [1.54, 1.807) is 0 Å². The van der Waals surface area contributed by atoms with E-state index in [4.69, 9.17) is 4.74 Å². The molecule has 0 aliphatic rings. The Morgan fingerprint density at radius 3 is 2.39 bits per heavy atom. The average Bonchev–Trinajstić information content (AvgIpc) is 2.49. The van der Waals surface area contributed by atoms with Crippen molar-refractivity contribution in [3.05, 3.63) is 64.0 Å². The van der Waals surface area contributed by atoms with E-state index in [0.717, 1.165) is 12.1 Å². The summed E-state index contributed by atoms with van der Waals surface area (Å²) >= 11 is 0. The number of carbonyl (C=O) groups is 2. The fourth-order valence-electron chi connectivity index (χ4n) is 1.77. The fourth-order valence-corrected chi connectivity index (χ4v) is 1.77. The van der Waals surface area contributed by atoms with E-state index in [9.17, 15) is 24.1 Å². The normalized spacial score (nSPS) is 10.0. The van der Waals surface area contributed by atoms with Crippen molar-refractivity contribution < 1.29 is 23.6 Å². The minimum Gasteiger partial charge on any atom is -0.427 e. The summed E-state index contributed by atoms with van der Waals surface area (Å²) in [7, 11) is 0. The van der Waals surface area contributed by atoms with Crippen LogP contribution in [-0.2, 0) is 4.79 Å². The molecular weight excluding hydrogens is 307 g/mol. The molecule has 2 aromatic carbocycles. The smallest absolute Gasteiger partial charge is 0.308 e. The summed E-state index contributed by atoms with van der Waals surface area (Å²) in [5, 5.41) is 13.1. The minimum absolute atomic E-state index is 0.0900. The topological polar surface area (TPSA) is 98.5 Å². The lowest BCUT2D eigenvalue weighted by molar-refractivity contribution is -0.387. The number of esters is 1. The maximum Gasteiger partial charge on any atom is 0.308 e. The molecule has 0 aliphatic heterocycles. The lowest BCUT2D eigenvalue weighted by Gasteiger charge is -2.06. The Kier molecular flexibility index (Phi) is 4.65. The molecule has 0 aliphatic carbocycles. The van der Waals surface area contributed by atoms with Gasteiger partial charge in [-0.3, -0.25) is 19.7 Å². The Morgan fingerprint density at radius 2 is 1.83 bits per heavy atom. The molecule has 0 fully saturated rings. The van der Waals surface area contributed by atoms with Gasteiger partial charge in [0.05, 0.1) is 4.92 Å². The lowest BCUT2D eigenvalue weighted by atomic mass is 10.2. The predicted molar refractivity (Wildman–Crippen MR) is 78.8 cm³/mol. The Bertz CT molecular complexity index is 774. The molecule has 1 N–H and O–H groups in total. The average molecular weight is 318 g/mol. The van der Waals surface area contributed by atoms with Crippen LogP contribution in [0.4, 0.5) is 15.8 Å². The number of rotatable bonds is 4. The number of nitro benzene ring substituents is 1. The van der Waals surface area contributed by atoms with Crippen LogP contribution < -0.4 is 10.1 Å². The van der Waals surface area contributed by atoms with Gasteiger partial charge in [-0.1, -0.05) is 0 Å². The SMILES string of the molecule is CC(=O)Oc1ccc(C(=O)Nc2ccc(F)c([N+](=O)[O-])c2)cc1. The van der Waals surface area contributed by atoms with Crippen molar-refractivity contribution in [2.45, 2.75) is 6.92 Å². The number of nitro groups is 1. The first-order valence-corrected chi connectivity index (χ1v) is 6.40. The van der Waals surface area contributed by atoms with Gasteiger partial charge in [0.25, 0.3) is 5.91 Å². The molecule has 8 heteroatoms. The molecule has 0 aromatic heterocycles. The fraction of sp³-hybridized carbons (Fsp3) is 0.0667. The molecule has 0 bridgehead atoms. The molecule has 0 saturated carbocycles. The van der Waals surface area contributed by atoms with Crippen LogP contribution in [0.1, 0.15) is 17.3 Å². The highest BCUT2D eigenvalue weighted by atomic mass is 19.1. The second-order valence-corrected chi connectivity index (χ2v) is 4.50. The Balaban J connectivity index is 2.14. The van der Waals surface area contributed by atoms with Crippen LogP contribution in [0.25, 0.3) is 0 Å². The third-order valence-electron chi connectivity index (χ3n) is 2.78. The van der Waals surface area contributed by atoms with Gasteiger partial charge < -0.3 is 10.1 Å². The molecule has 1 amide bonds. The van der Waals surface area contributed by atoms with Gasteiger partial charge in [0, 0.05) is 24.2 Å². The highest BCUT2D eigenvalue weighted by Gasteiger charge is 2.15. The molecule has 0 saturated heterocycles. The van der Waals surface area contributed by atoms with Gasteiger partial charge in [-0.05, 0) is 36.4 Å². The quantitative estimate of drug-likeness (QED) is 0.404. The third-order valence-corrected chi connectivity index (χ3v) is 2.78. The summed E-state index contributed by atoms with van der Waals surface area (Å²) in [6.45, 7) is 1.25. The van der Waals surface area contributed by atoms with Crippen LogP contribution in [0.5, 0.6) is 5.75 Å². The second-order valence-electron chi connectivity index (χ2n) is 4.50. The Hall–Kier alpha value is -3.29. The zero-order chi connectivity index (χ0) is 17.0. The van der Waals surface area contributed by atoms with Crippen molar-refractivity contribution in [1.82, 2.24) is 0 Å². The van der Waals surface area contributed by atoms with Crippen LogP contribution in [0.15, 0.2) is 42.5 Å². The summed E-state index contributed by atoms with van der Waals surface area (Å²) in [4.78, 5) is 32.6. The number of carbonyl (C=O) groups excluding carboxylic acids is 2. The molecule has 7 nitrogen and oxygen atoms in total. The molecule has 0 unspecified atom stereocenters. The van der Waals surface area contributed by atoms with Crippen molar-refractivity contribution >= 4 is 23.3 Å². The monoisotopic (exact) mass is 318 g/mol. The van der Waals surface area contributed by atoms with Gasteiger partial charge >= 0.3 is 11.7 Å². The molecule has 2 aromatic rings. The van der Waals surface area contributed by atoms with Gasteiger partial charge in [0.1, 0.15) is 5.75 Å². The Labute approximate surface area is 129 Å². The van der Waals surface area contributed by atoms with E-state index >= 15 is 0 Å². The van der Waals surface area contributed by atoms with Crippen molar-refractivity contribution in [3.63, 3.8) is 0 Å². The Morgan fingerprint density at radius 1 is 1.17 bits per heavy atom. The molecule has 0 heterocycles. The van der Waals surface area contributed by atoms with Gasteiger partial charge in [-0.2, -0.15) is 4.39 Å². The lowest BCUT2D eigenvalue weighted by Crippen LogP contribution is -2.12. The zero-order valence-electron chi connectivity index (χ0n) is 11.9. The maximum absolute atomic E-state index is 13.2. The largest absolute Gasteiger partial charge is 0.427 e. The molecule has 23 heavy (non-hydrogen) atoms. The molecular formula is C15H11FN2O5. The van der Waals surface area contributed by atoms with Crippen molar-refractivity contribution in [3.8, 4) is 5.75 Å². The van der Waals surface area contributed by atoms with Gasteiger partial charge in [-0.15, -0.1) is 0 Å². The number of nitrogens with zero attached hydrogens (tertiary/aromatic N) is 1. The number of ether oxygens (including phenoxy) is 1. The molecule has 0 spiro atoms. The van der Waals surface area contributed by atoms with Crippen molar-refractivity contribution in [2.24, 2.45) is 0 Å². The summed E-state index contributed by atoms with van der Waals surface area (Å²) in [5.41, 5.74) is -0.395. The predicted octanol–water partition coefficient (Wildman–Crippen LogP) is 2.91. The number of amides is 1. The van der Waals surface area contributed by atoms with E-state index in [2.05, 4.69) is 5.32 Å². The summed E-state index contributed by atoms with van der Waals surface area (Å²) in [6.07, 6.45) is 0. The van der Waals surface area contributed by atoms with Gasteiger partial charge in [0.2, 0.25) is 5.82 Å². The van der Waals surface area contributed by atoms with Crippen LogP contribution in [0.3, 0.4) is 0 Å². The summed E-state index contributed by atoms with van der Waals surface area (Å²) in [6, 6.07) is 8.76. The summed E-state index contributed by atoms with van der Waals surface area (Å²) < 4.78 is 18.1. The summed E-state index contributed by atoms with van der Waals surface area (Å²) in [5.74, 6) is -1.73. The van der Waals surface area contributed by atoms with Crippen molar-refractivity contribution in [1.29, 1.82) is 0 Å². The van der Waals surface area contributed by atoms with Crippen LogP contribution in [-0.4, -0.2) is 16.8 Å². The number of nitrogens with one attached hydrogen (secondary N) is 1. The first-order valence-electron chi connectivity index (χ1n) is 6.40. The number of halogens is 1. The van der Waals surface area contributed by atoms with Crippen LogP contribution in [0.2, 0.25) is 0 Å². The number of anilines is 1. The first-order chi connectivity index (χ1) is 10.9. The second kappa shape index (κ2) is 6.65. The first kappa shape index (κ1) is 16.1. The molecule has 2 rings (SSSR count). The highest BCUT2D eigenvalue weighted by molar-refractivity contribution is 6.04. The van der Waals surface area contributed by atoms with Crippen molar-refractivity contribution in [2.75, 3.05) is 5.32 Å². The van der Waals surface area contributed by atoms with Gasteiger partial charge in [0.15, 0.2) is 0 Å². The van der Waals surface area contributed by atoms with E-state index < -0.39 is 28.3 Å². The molecule has 118 valence electrons. The maximum atomic E-state index is 13.2. The standard InChI is InChI=1S/C15H11FN2O5/c1-9(19)23-12-5-2-10(3-6-12)15(20)17-11-4-7-13(16)14(8-11)18(21)22/h2-8H,1H3,(H,17,20). The molecule has 0 atom stereocenters. The minimum atomic E-state index is -0.987. The number of hydrogen-bond donors (Lipinski definition) is 1. The number of benzene rings is 2. The zero-order valence-corrected chi connectivity index (χ0v) is 11.9. The molecule has 0 radical (unpaired) electrons.